The Labute approximate surface area is 193 Å². The van der Waals surface area contributed by atoms with E-state index < -0.39 is 5.97 Å². The Bertz CT molecular complexity index is 686. The molecule has 0 fully saturated rings. The second-order valence-electron chi connectivity index (χ2n) is 7.09. The Morgan fingerprint density at radius 1 is 1.11 bits per heavy atom. The zero-order valence-corrected chi connectivity index (χ0v) is 19.3. The maximum absolute atomic E-state index is 11.6. The molecule has 0 spiro atoms. The predicted octanol–water partition coefficient (Wildman–Crippen LogP) is 5.38. The van der Waals surface area contributed by atoms with Gasteiger partial charge in [0, 0.05) is 5.56 Å². The Balaban J connectivity index is 0.00000676. The van der Waals surface area contributed by atoms with E-state index in [1.165, 1.54) is 11.6 Å². The molecular weight excluding hydrogens is 368 g/mol. The molecule has 0 saturated heterocycles. The zero-order valence-electron chi connectivity index (χ0n) is 17.1. The largest absolute Gasteiger partial charge is 2.00 e. The summed E-state index contributed by atoms with van der Waals surface area (Å²) in [5.74, 6) is -1.50. The minimum absolute atomic E-state index is 0. The number of allylic oxidation sites excluding steroid dienone is 4. The summed E-state index contributed by atoms with van der Waals surface area (Å²) in [5.41, 5.74) is 3.12. The zero-order chi connectivity index (χ0) is 19.7. The summed E-state index contributed by atoms with van der Waals surface area (Å²) in [4.78, 5) is 11.6. The van der Waals surface area contributed by atoms with Crippen molar-refractivity contribution in [2.24, 2.45) is 0 Å². The summed E-state index contributed by atoms with van der Waals surface area (Å²) in [6.07, 6.45) is 9.63. The van der Waals surface area contributed by atoms with Crippen LogP contribution in [-0.4, -0.2) is 59.0 Å². The van der Waals surface area contributed by atoms with Crippen LogP contribution in [0.2, 0.25) is 0 Å². The molecule has 0 saturated carbocycles. The van der Waals surface area contributed by atoms with Crippen LogP contribution in [0.3, 0.4) is 0 Å². The summed E-state index contributed by atoms with van der Waals surface area (Å²) in [6, 6.07) is 1.50. The van der Waals surface area contributed by atoms with Crippen molar-refractivity contribution in [3.05, 3.63) is 46.1 Å². The Morgan fingerprint density at radius 2 is 1.78 bits per heavy atom. The summed E-state index contributed by atoms with van der Waals surface area (Å²) < 4.78 is 0. The molecule has 0 bridgehead atoms. The number of phenols is 2. The number of hydrogen-bond donors (Lipinski definition) is 3. The van der Waals surface area contributed by atoms with Crippen LogP contribution < -0.4 is 0 Å². The van der Waals surface area contributed by atoms with Gasteiger partial charge in [-0.1, -0.05) is 43.1 Å². The molecule has 0 atom stereocenters. The van der Waals surface area contributed by atoms with Crippen LogP contribution in [0.25, 0.3) is 0 Å². The molecule has 0 unspecified atom stereocenters. The number of carboxylic acid groups (broad SMARTS) is 1. The molecule has 0 aliphatic heterocycles. The molecular formula is C22H32CaO4+2. The quantitative estimate of drug-likeness (QED) is 0.280. The number of rotatable bonds is 10. The van der Waals surface area contributed by atoms with Crippen LogP contribution in [0, 0.1) is 0 Å². The minimum atomic E-state index is -1.15. The number of unbranched alkanes of at least 4 members (excludes halogenated alkanes) is 2. The van der Waals surface area contributed by atoms with Gasteiger partial charge in [0.1, 0.15) is 17.1 Å². The van der Waals surface area contributed by atoms with Gasteiger partial charge in [0.05, 0.1) is 0 Å². The molecule has 3 N–H and O–H groups in total. The fourth-order valence-corrected chi connectivity index (χ4v) is 2.92. The fraction of sp³-hybridized carbons (Fsp3) is 0.500. The Kier molecular flexibility index (Phi) is 12.8. The van der Waals surface area contributed by atoms with E-state index in [0.29, 0.717) is 18.4 Å². The third-order valence-corrected chi connectivity index (χ3v) is 4.47. The monoisotopic (exact) mass is 400 g/mol. The van der Waals surface area contributed by atoms with E-state index in [2.05, 4.69) is 26.8 Å². The van der Waals surface area contributed by atoms with Crippen molar-refractivity contribution in [3.8, 4) is 11.5 Å². The standard InChI is InChI=1S/C22H32O4.Ca/c1-5-6-7-11-17-14-19(23)18(21(24)20(17)22(25)26)13-12-16(4)10-8-9-15(2)3;/h9,12,14,23-24H,5-8,10-11,13H2,1-4H3,(H,25,26);/q;+2/b16-12+;. The average Bonchev–Trinajstić information content (AvgIpc) is 2.53. The van der Waals surface area contributed by atoms with Crippen molar-refractivity contribution in [2.75, 3.05) is 0 Å². The van der Waals surface area contributed by atoms with Crippen molar-refractivity contribution in [2.45, 2.75) is 72.6 Å². The Hall–Kier alpha value is -0.970. The first kappa shape index (κ1) is 26.0. The molecule has 0 radical (unpaired) electrons. The van der Waals surface area contributed by atoms with Crippen molar-refractivity contribution < 1.29 is 20.1 Å². The first-order chi connectivity index (χ1) is 12.3. The van der Waals surface area contributed by atoms with E-state index in [4.69, 9.17) is 0 Å². The molecule has 0 heterocycles. The molecule has 5 heteroatoms. The van der Waals surface area contributed by atoms with Crippen molar-refractivity contribution in [1.82, 2.24) is 0 Å². The molecule has 144 valence electrons. The second-order valence-corrected chi connectivity index (χ2v) is 7.09. The number of benzene rings is 1. The average molecular weight is 401 g/mol. The van der Waals surface area contributed by atoms with Gasteiger partial charge in [0.15, 0.2) is 0 Å². The van der Waals surface area contributed by atoms with Crippen molar-refractivity contribution in [3.63, 3.8) is 0 Å². The maximum atomic E-state index is 11.6. The van der Waals surface area contributed by atoms with Gasteiger partial charge in [-0.05, 0) is 64.5 Å². The first-order valence-corrected chi connectivity index (χ1v) is 9.36. The van der Waals surface area contributed by atoms with Crippen LogP contribution in [0.1, 0.15) is 81.3 Å². The predicted molar refractivity (Wildman–Crippen MR) is 112 cm³/mol. The third kappa shape index (κ3) is 8.71. The number of aryl methyl sites for hydroxylation is 1. The first-order valence-electron chi connectivity index (χ1n) is 9.36. The normalized spacial score (nSPS) is 11.0. The molecule has 0 aromatic heterocycles. The van der Waals surface area contributed by atoms with Gasteiger partial charge in [-0.3, -0.25) is 0 Å². The number of carboxylic acids is 1. The van der Waals surface area contributed by atoms with E-state index in [9.17, 15) is 20.1 Å². The van der Waals surface area contributed by atoms with Gasteiger partial charge < -0.3 is 15.3 Å². The summed E-state index contributed by atoms with van der Waals surface area (Å²) >= 11 is 0. The van der Waals surface area contributed by atoms with Gasteiger partial charge >= 0.3 is 43.7 Å². The Morgan fingerprint density at radius 3 is 2.33 bits per heavy atom. The van der Waals surface area contributed by atoms with Gasteiger partial charge in [0.2, 0.25) is 0 Å². The van der Waals surface area contributed by atoms with E-state index >= 15 is 0 Å². The fourth-order valence-electron chi connectivity index (χ4n) is 2.92. The van der Waals surface area contributed by atoms with Gasteiger partial charge in [-0.15, -0.1) is 0 Å². The van der Waals surface area contributed by atoms with E-state index in [-0.39, 0.29) is 60.4 Å². The summed E-state index contributed by atoms with van der Waals surface area (Å²) in [6.45, 7) is 8.20. The van der Waals surface area contributed by atoms with Crippen LogP contribution in [0.4, 0.5) is 0 Å². The molecule has 0 aliphatic rings. The number of carbonyl (C=O) groups is 1. The minimum Gasteiger partial charge on any atom is -0.508 e. The van der Waals surface area contributed by atoms with Crippen LogP contribution in [0.5, 0.6) is 11.5 Å². The van der Waals surface area contributed by atoms with Gasteiger partial charge in [0.25, 0.3) is 0 Å². The number of phenolic OH excluding ortho intramolecular Hbond substituents is 1. The molecule has 1 rings (SSSR count). The van der Waals surface area contributed by atoms with Crippen LogP contribution in [-0.2, 0) is 12.8 Å². The number of aromatic hydroxyl groups is 2. The third-order valence-electron chi connectivity index (χ3n) is 4.47. The molecule has 27 heavy (non-hydrogen) atoms. The molecule has 1 aromatic rings. The SMILES string of the molecule is CCCCCc1cc(O)c(C/C=C(\C)CCC=C(C)C)c(O)c1C(=O)O.[Ca+2]. The van der Waals surface area contributed by atoms with Crippen molar-refractivity contribution in [1.29, 1.82) is 0 Å². The topological polar surface area (TPSA) is 77.8 Å². The van der Waals surface area contributed by atoms with Gasteiger partial charge in [-0.2, -0.15) is 0 Å². The number of aromatic carboxylic acids is 1. The number of hydrogen-bond acceptors (Lipinski definition) is 3. The molecule has 4 nitrogen and oxygen atoms in total. The summed E-state index contributed by atoms with van der Waals surface area (Å²) in [7, 11) is 0. The second kappa shape index (κ2) is 13.2. The van der Waals surface area contributed by atoms with E-state index in [1.807, 2.05) is 13.0 Å². The molecule has 0 amide bonds. The smallest absolute Gasteiger partial charge is 0.508 e. The molecule has 0 aliphatic carbocycles. The van der Waals surface area contributed by atoms with Crippen molar-refractivity contribution >= 4 is 43.7 Å². The molecule has 1 aromatic carbocycles. The van der Waals surface area contributed by atoms with Crippen LogP contribution in [0.15, 0.2) is 29.4 Å². The van der Waals surface area contributed by atoms with E-state index in [0.717, 1.165) is 37.7 Å². The van der Waals surface area contributed by atoms with Crippen LogP contribution >= 0.6 is 0 Å². The van der Waals surface area contributed by atoms with Gasteiger partial charge in [-0.25, -0.2) is 4.79 Å². The maximum Gasteiger partial charge on any atom is 2.00 e. The van der Waals surface area contributed by atoms with E-state index in [1.54, 1.807) is 0 Å². The summed E-state index contributed by atoms with van der Waals surface area (Å²) in [5, 5.41) is 30.3.